The van der Waals surface area contributed by atoms with E-state index < -0.39 is 21.6 Å². The molecular weight excluding hydrogens is 534 g/mol. The fraction of sp³-hybridized carbons (Fsp3) is 0.394. The third-order valence-corrected chi connectivity index (χ3v) is 8.09. The summed E-state index contributed by atoms with van der Waals surface area (Å²) >= 11 is 0. The van der Waals surface area contributed by atoms with Gasteiger partial charge in [0, 0.05) is 31.5 Å². The first-order valence-electron chi connectivity index (χ1n) is 14.0. The quantitative estimate of drug-likeness (QED) is 0.312. The number of para-hydroxylation sites is 1. The zero-order chi connectivity index (χ0) is 30.2. The van der Waals surface area contributed by atoms with Gasteiger partial charge in [-0.2, -0.15) is 0 Å². The van der Waals surface area contributed by atoms with Gasteiger partial charge >= 0.3 is 0 Å². The molecule has 1 N–H and O–H groups in total. The van der Waals surface area contributed by atoms with E-state index in [-0.39, 0.29) is 31.3 Å². The van der Waals surface area contributed by atoms with E-state index in [4.69, 9.17) is 0 Å². The Morgan fingerprint density at radius 1 is 0.854 bits per heavy atom. The molecular formula is C33H43N3O4S. The number of hydrogen-bond acceptors (Lipinski definition) is 4. The molecule has 3 aromatic carbocycles. The molecule has 0 aliphatic carbocycles. The number of anilines is 1. The number of rotatable bonds is 12. The Kier molecular flexibility index (Phi) is 10.7. The first-order valence-corrected chi connectivity index (χ1v) is 15.8. The van der Waals surface area contributed by atoms with E-state index in [2.05, 4.69) is 5.32 Å². The molecule has 7 nitrogen and oxygen atoms in total. The van der Waals surface area contributed by atoms with Crippen molar-refractivity contribution in [2.45, 2.75) is 72.0 Å². The highest BCUT2D eigenvalue weighted by atomic mass is 32.2. The predicted octanol–water partition coefficient (Wildman–Crippen LogP) is 5.40. The Morgan fingerprint density at radius 3 is 2.02 bits per heavy atom. The summed E-state index contributed by atoms with van der Waals surface area (Å²) < 4.78 is 26.7. The molecule has 0 aliphatic heterocycles. The smallest absolute Gasteiger partial charge is 0.243 e. The fourth-order valence-corrected chi connectivity index (χ4v) is 5.83. The van der Waals surface area contributed by atoms with Gasteiger partial charge in [0.2, 0.25) is 21.8 Å². The third-order valence-electron chi connectivity index (χ3n) is 6.91. The highest BCUT2D eigenvalue weighted by Gasteiger charge is 2.32. The lowest BCUT2D eigenvalue weighted by Gasteiger charge is -2.34. The molecule has 0 bridgehead atoms. The Morgan fingerprint density at radius 2 is 1.44 bits per heavy atom. The van der Waals surface area contributed by atoms with E-state index in [9.17, 15) is 18.0 Å². The van der Waals surface area contributed by atoms with Crippen LogP contribution in [0.15, 0.2) is 78.9 Å². The van der Waals surface area contributed by atoms with E-state index >= 15 is 0 Å². The number of nitrogens with one attached hydrogen (secondary N) is 1. The van der Waals surface area contributed by atoms with E-state index in [1.54, 1.807) is 17.0 Å². The topological polar surface area (TPSA) is 86.8 Å². The molecule has 0 aliphatic rings. The van der Waals surface area contributed by atoms with Crippen LogP contribution >= 0.6 is 0 Å². The van der Waals surface area contributed by atoms with Crippen molar-refractivity contribution in [3.63, 3.8) is 0 Å². The molecule has 2 amide bonds. The average Bonchev–Trinajstić information content (AvgIpc) is 2.89. The van der Waals surface area contributed by atoms with Crippen LogP contribution in [0, 0.1) is 13.8 Å². The van der Waals surface area contributed by atoms with Crippen LogP contribution in [0.4, 0.5) is 5.69 Å². The number of carbonyl (C=O) groups excluding carboxylic acids is 2. The molecule has 8 heteroatoms. The minimum Gasteiger partial charge on any atom is -0.350 e. The van der Waals surface area contributed by atoms with Crippen LogP contribution in [0.5, 0.6) is 0 Å². The minimum atomic E-state index is -3.56. The van der Waals surface area contributed by atoms with Gasteiger partial charge in [-0.05, 0) is 69.4 Å². The summed E-state index contributed by atoms with van der Waals surface area (Å²) in [5, 5.41) is 3.08. The standard InChI is InChI=1S/C33H43N3O4S/c1-25-15-10-12-19-28(25)24-35(30(32(38)34-33(3,4)5)23-27-17-8-7-9-18-27)31(37)21-14-22-36(41(6,39)40)29-20-13-11-16-26(29)2/h7-13,15-20,30H,14,21-24H2,1-6H3,(H,34,38). The van der Waals surface area contributed by atoms with Crippen LogP contribution in [-0.4, -0.2) is 49.5 Å². The summed E-state index contributed by atoms with van der Waals surface area (Å²) in [5.41, 5.74) is 3.90. The maximum Gasteiger partial charge on any atom is 0.243 e. The van der Waals surface area contributed by atoms with Crippen LogP contribution in [0.1, 0.15) is 55.9 Å². The molecule has 41 heavy (non-hydrogen) atoms. The van der Waals surface area contributed by atoms with Crippen LogP contribution in [-0.2, 0) is 32.6 Å². The Balaban J connectivity index is 1.92. The van der Waals surface area contributed by atoms with Gasteiger partial charge in [0.15, 0.2) is 0 Å². The molecule has 1 atom stereocenters. The zero-order valence-electron chi connectivity index (χ0n) is 25.1. The number of amides is 2. The minimum absolute atomic E-state index is 0.0951. The van der Waals surface area contributed by atoms with Gasteiger partial charge in [-0.25, -0.2) is 8.42 Å². The Labute approximate surface area is 245 Å². The molecule has 0 aromatic heterocycles. The van der Waals surface area contributed by atoms with Crippen LogP contribution in [0.25, 0.3) is 0 Å². The van der Waals surface area contributed by atoms with Crippen LogP contribution in [0.2, 0.25) is 0 Å². The maximum absolute atomic E-state index is 14.0. The highest BCUT2D eigenvalue weighted by Crippen LogP contribution is 2.24. The third kappa shape index (κ3) is 9.46. The normalized spacial score (nSPS) is 12.4. The van der Waals surface area contributed by atoms with Crippen molar-refractivity contribution >= 4 is 27.5 Å². The average molecular weight is 578 g/mol. The Bertz CT molecular complexity index is 1430. The van der Waals surface area contributed by atoms with Gasteiger partial charge < -0.3 is 10.2 Å². The lowest BCUT2D eigenvalue weighted by atomic mass is 9.99. The second-order valence-corrected chi connectivity index (χ2v) is 13.5. The summed E-state index contributed by atoms with van der Waals surface area (Å²) in [5.74, 6) is -0.419. The molecule has 0 spiro atoms. The molecule has 3 aromatic rings. The first-order chi connectivity index (χ1) is 19.3. The first kappa shape index (κ1) is 31.9. The molecule has 0 fully saturated rings. The van der Waals surface area contributed by atoms with Gasteiger partial charge in [0.25, 0.3) is 0 Å². The van der Waals surface area contributed by atoms with Gasteiger partial charge in [-0.3, -0.25) is 13.9 Å². The van der Waals surface area contributed by atoms with Crippen LogP contribution < -0.4 is 9.62 Å². The van der Waals surface area contributed by atoms with E-state index in [1.165, 1.54) is 10.6 Å². The molecule has 0 heterocycles. The number of sulfonamides is 1. The zero-order valence-corrected chi connectivity index (χ0v) is 25.9. The largest absolute Gasteiger partial charge is 0.350 e. The van der Waals surface area contributed by atoms with Crippen molar-refractivity contribution < 1.29 is 18.0 Å². The van der Waals surface area contributed by atoms with Crippen LogP contribution in [0.3, 0.4) is 0 Å². The lowest BCUT2D eigenvalue weighted by molar-refractivity contribution is -0.142. The van der Waals surface area contributed by atoms with Gasteiger partial charge in [0.05, 0.1) is 11.9 Å². The van der Waals surface area contributed by atoms with Gasteiger partial charge in [-0.15, -0.1) is 0 Å². The Hall–Kier alpha value is -3.65. The lowest BCUT2D eigenvalue weighted by Crippen LogP contribution is -2.54. The van der Waals surface area contributed by atoms with Gasteiger partial charge in [0.1, 0.15) is 6.04 Å². The van der Waals surface area contributed by atoms with Crippen molar-refractivity contribution in [3.8, 4) is 0 Å². The molecule has 220 valence electrons. The number of benzene rings is 3. The van der Waals surface area contributed by atoms with Crippen molar-refractivity contribution in [1.82, 2.24) is 10.2 Å². The molecule has 3 rings (SSSR count). The molecule has 1 unspecified atom stereocenters. The summed E-state index contributed by atoms with van der Waals surface area (Å²) in [6.07, 6.45) is 1.94. The SMILES string of the molecule is Cc1ccccc1CN(C(=O)CCCN(c1ccccc1C)S(C)(=O)=O)C(Cc1ccccc1)C(=O)NC(C)(C)C. The van der Waals surface area contributed by atoms with E-state index in [1.807, 2.05) is 101 Å². The van der Waals surface area contributed by atoms with Crippen molar-refractivity contribution in [2.75, 3.05) is 17.1 Å². The molecule has 0 saturated heterocycles. The summed E-state index contributed by atoms with van der Waals surface area (Å²) in [7, 11) is -3.56. The van der Waals surface area contributed by atoms with Crippen molar-refractivity contribution in [2.24, 2.45) is 0 Å². The van der Waals surface area contributed by atoms with Gasteiger partial charge in [-0.1, -0.05) is 72.8 Å². The number of nitrogens with zero attached hydrogens (tertiary/aromatic N) is 2. The van der Waals surface area contributed by atoms with E-state index in [0.29, 0.717) is 18.5 Å². The van der Waals surface area contributed by atoms with Crippen molar-refractivity contribution in [3.05, 3.63) is 101 Å². The monoisotopic (exact) mass is 577 g/mol. The number of carbonyl (C=O) groups is 2. The predicted molar refractivity (Wildman–Crippen MR) is 166 cm³/mol. The highest BCUT2D eigenvalue weighted by molar-refractivity contribution is 7.92. The second-order valence-electron chi connectivity index (χ2n) is 11.6. The summed E-state index contributed by atoms with van der Waals surface area (Å²) in [6.45, 7) is 10.0. The number of hydrogen-bond donors (Lipinski definition) is 1. The molecule has 0 radical (unpaired) electrons. The number of aryl methyl sites for hydroxylation is 2. The fourth-order valence-electron chi connectivity index (χ4n) is 4.80. The van der Waals surface area contributed by atoms with Crippen molar-refractivity contribution in [1.29, 1.82) is 0 Å². The molecule has 0 saturated carbocycles. The van der Waals surface area contributed by atoms with E-state index in [0.717, 1.165) is 22.3 Å². The summed E-state index contributed by atoms with van der Waals surface area (Å²) in [6, 6.07) is 24.1. The second kappa shape index (κ2) is 13.8. The summed E-state index contributed by atoms with van der Waals surface area (Å²) in [4.78, 5) is 29.4. The maximum atomic E-state index is 14.0.